The van der Waals surface area contributed by atoms with Gasteiger partial charge in [-0.3, -0.25) is 9.59 Å². The number of aliphatic carboxylic acids is 1. The van der Waals surface area contributed by atoms with E-state index in [2.05, 4.69) is 29.6 Å². The molecule has 0 saturated heterocycles. The van der Waals surface area contributed by atoms with Crippen LogP contribution in [0.5, 0.6) is 0 Å². The summed E-state index contributed by atoms with van der Waals surface area (Å²) in [6, 6.07) is 15.9. The van der Waals surface area contributed by atoms with E-state index in [0.717, 1.165) is 22.3 Å². The van der Waals surface area contributed by atoms with Crippen LogP contribution in [0.1, 0.15) is 43.7 Å². The highest BCUT2D eigenvalue weighted by Crippen LogP contribution is 2.44. The molecule has 0 aliphatic heterocycles. The van der Waals surface area contributed by atoms with Crippen LogP contribution < -0.4 is 5.32 Å². The molecule has 0 aromatic heterocycles. The van der Waals surface area contributed by atoms with E-state index in [1.54, 1.807) is 14.0 Å². The van der Waals surface area contributed by atoms with E-state index in [0.29, 0.717) is 6.42 Å². The molecule has 0 saturated carbocycles. The van der Waals surface area contributed by atoms with Crippen LogP contribution in [0.25, 0.3) is 11.1 Å². The van der Waals surface area contributed by atoms with Crippen LogP contribution >= 0.6 is 0 Å². The number of alkyl carbamates (subject to hydrolysis) is 1. The van der Waals surface area contributed by atoms with E-state index < -0.39 is 18.0 Å². The van der Waals surface area contributed by atoms with Crippen molar-refractivity contribution in [1.82, 2.24) is 10.2 Å². The number of carboxylic acids is 1. The summed E-state index contributed by atoms with van der Waals surface area (Å²) in [4.78, 5) is 37.3. The monoisotopic (exact) mass is 438 g/mol. The molecule has 0 radical (unpaired) electrons. The second-order valence-corrected chi connectivity index (χ2v) is 8.29. The van der Waals surface area contributed by atoms with E-state index in [9.17, 15) is 14.4 Å². The molecule has 1 aliphatic rings. The van der Waals surface area contributed by atoms with E-state index in [1.165, 1.54) is 4.90 Å². The number of benzene rings is 2. The molecule has 170 valence electrons. The summed E-state index contributed by atoms with van der Waals surface area (Å²) in [5.41, 5.74) is 4.59. The van der Waals surface area contributed by atoms with Crippen molar-refractivity contribution in [3.63, 3.8) is 0 Å². The van der Waals surface area contributed by atoms with Crippen molar-refractivity contribution in [1.29, 1.82) is 0 Å². The highest BCUT2D eigenvalue weighted by Gasteiger charge is 2.29. The largest absolute Gasteiger partial charge is 0.481 e. The molecule has 0 bridgehead atoms. The maximum absolute atomic E-state index is 12.5. The van der Waals surface area contributed by atoms with Crippen molar-refractivity contribution in [2.45, 2.75) is 38.6 Å². The van der Waals surface area contributed by atoms with Gasteiger partial charge in [-0.15, -0.1) is 0 Å². The van der Waals surface area contributed by atoms with Gasteiger partial charge >= 0.3 is 12.1 Å². The number of fused-ring (bicyclic) bond motifs is 3. The first-order valence-electron chi connectivity index (χ1n) is 10.9. The summed E-state index contributed by atoms with van der Waals surface area (Å²) in [6.45, 7) is 3.76. The predicted molar refractivity (Wildman–Crippen MR) is 121 cm³/mol. The molecule has 0 fully saturated rings. The lowest BCUT2D eigenvalue weighted by molar-refractivity contribution is -0.142. The summed E-state index contributed by atoms with van der Waals surface area (Å²) < 4.78 is 5.56. The second-order valence-electron chi connectivity index (χ2n) is 8.29. The van der Waals surface area contributed by atoms with Crippen molar-refractivity contribution in [3.8, 4) is 11.1 Å². The molecule has 2 atom stereocenters. The Morgan fingerprint density at radius 2 is 1.62 bits per heavy atom. The third-order valence-electron chi connectivity index (χ3n) is 5.97. The van der Waals surface area contributed by atoms with E-state index in [-0.39, 0.29) is 37.4 Å². The van der Waals surface area contributed by atoms with Gasteiger partial charge in [0.05, 0.1) is 5.92 Å². The fourth-order valence-corrected chi connectivity index (χ4v) is 4.06. The van der Waals surface area contributed by atoms with Gasteiger partial charge in [0.2, 0.25) is 5.91 Å². The molecular formula is C25H30N2O5. The zero-order valence-corrected chi connectivity index (χ0v) is 18.7. The summed E-state index contributed by atoms with van der Waals surface area (Å²) in [5, 5.41) is 11.8. The Morgan fingerprint density at radius 1 is 1.06 bits per heavy atom. The van der Waals surface area contributed by atoms with Gasteiger partial charge in [-0.1, -0.05) is 62.4 Å². The van der Waals surface area contributed by atoms with Gasteiger partial charge < -0.3 is 20.1 Å². The van der Waals surface area contributed by atoms with Gasteiger partial charge in [-0.05, 0) is 28.7 Å². The Labute approximate surface area is 188 Å². The first-order chi connectivity index (χ1) is 15.3. The van der Waals surface area contributed by atoms with Crippen LogP contribution in [0.15, 0.2) is 48.5 Å². The van der Waals surface area contributed by atoms with Crippen molar-refractivity contribution in [2.24, 2.45) is 5.92 Å². The predicted octanol–water partition coefficient (Wildman–Crippen LogP) is 3.87. The van der Waals surface area contributed by atoms with E-state index in [4.69, 9.17) is 9.84 Å². The molecule has 2 aromatic carbocycles. The summed E-state index contributed by atoms with van der Waals surface area (Å²) in [5.74, 6) is -1.85. The summed E-state index contributed by atoms with van der Waals surface area (Å²) >= 11 is 0. The molecule has 32 heavy (non-hydrogen) atoms. The van der Waals surface area contributed by atoms with Crippen molar-refractivity contribution in [3.05, 3.63) is 59.7 Å². The molecule has 1 aliphatic carbocycles. The Kier molecular flexibility index (Phi) is 7.51. The molecule has 2 N–H and O–H groups in total. The Balaban J connectivity index is 1.56. The number of hydrogen-bond acceptors (Lipinski definition) is 4. The maximum atomic E-state index is 12.5. The van der Waals surface area contributed by atoms with Crippen LogP contribution in [0.2, 0.25) is 0 Å². The lowest BCUT2D eigenvalue weighted by atomic mass is 9.98. The number of carbonyl (C=O) groups is 3. The smallest absolute Gasteiger partial charge is 0.407 e. The minimum Gasteiger partial charge on any atom is -0.481 e. The van der Waals surface area contributed by atoms with E-state index >= 15 is 0 Å². The topological polar surface area (TPSA) is 95.9 Å². The first kappa shape index (κ1) is 23.3. The molecule has 1 unspecified atom stereocenters. The number of carbonyl (C=O) groups excluding carboxylic acids is 2. The lowest BCUT2D eigenvalue weighted by Gasteiger charge is -2.23. The normalized spacial score (nSPS) is 14.1. The average Bonchev–Trinajstić information content (AvgIpc) is 3.10. The fraction of sp³-hybridized carbons (Fsp3) is 0.400. The van der Waals surface area contributed by atoms with Crippen LogP contribution in [-0.4, -0.2) is 54.2 Å². The Bertz CT molecular complexity index is 944. The fourth-order valence-electron chi connectivity index (χ4n) is 4.06. The van der Waals surface area contributed by atoms with Crippen LogP contribution in [0.3, 0.4) is 0 Å². The summed E-state index contributed by atoms with van der Waals surface area (Å²) in [7, 11) is 1.57. The van der Waals surface area contributed by atoms with Crippen LogP contribution in [-0.2, 0) is 14.3 Å². The average molecular weight is 439 g/mol. The van der Waals surface area contributed by atoms with Gasteiger partial charge in [0.25, 0.3) is 0 Å². The van der Waals surface area contributed by atoms with Crippen molar-refractivity contribution in [2.75, 3.05) is 20.2 Å². The zero-order valence-electron chi connectivity index (χ0n) is 18.7. The number of amides is 2. The van der Waals surface area contributed by atoms with Gasteiger partial charge in [0.1, 0.15) is 6.61 Å². The molecule has 7 nitrogen and oxygen atoms in total. The van der Waals surface area contributed by atoms with Gasteiger partial charge in [0.15, 0.2) is 0 Å². The standard InChI is InChI=1S/C25H30N2O5/c1-4-17(13-23(28)27(3)14-16(2)24(29)30)26-25(31)32-15-22-20-11-7-5-9-18(20)19-10-6-8-12-21(19)22/h5-12,16-17,22H,4,13-15H2,1-3H3,(H,26,31)(H,29,30)/t16?,17-/m0/s1. The first-order valence-corrected chi connectivity index (χ1v) is 10.9. The minimum atomic E-state index is -0.951. The van der Waals surface area contributed by atoms with Crippen molar-refractivity contribution < 1.29 is 24.2 Å². The zero-order chi connectivity index (χ0) is 23.3. The SMILES string of the molecule is CC[C@@H](CC(=O)N(C)CC(C)C(=O)O)NC(=O)OCC1c2ccccc2-c2ccccc21. The summed E-state index contributed by atoms with van der Waals surface area (Å²) in [6.07, 6.45) is 0.0787. The molecule has 0 heterocycles. The molecular weight excluding hydrogens is 408 g/mol. The number of carboxylic acid groups (broad SMARTS) is 1. The van der Waals surface area contributed by atoms with Gasteiger partial charge in [-0.25, -0.2) is 4.79 Å². The third kappa shape index (κ3) is 5.28. The van der Waals surface area contributed by atoms with Gasteiger partial charge in [0, 0.05) is 32.0 Å². The molecule has 2 amide bonds. The number of rotatable bonds is 9. The Hall–Kier alpha value is -3.35. The number of ether oxygens (including phenoxy) is 1. The molecule has 7 heteroatoms. The second kappa shape index (κ2) is 10.3. The third-order valence-corrected chi connectivity index (χ3v) is 5.97. The quantitative estimate of drug-likeness (QED) is 0.620. The van der Waals surface area contributed by atoms with Gasteiger partial charge in [-0.2, -0.15) is 0 Å². The maximum Gasteiger partial charge on any atom is 0.407 e. The Morgan fingerprint density at radius 3 is 2.16 bits per heavy atom. The molecule has 0 spiro atoms. The highest BCUT2D eigenvalue weighted by molar-refractivity contribution is 5.80. The minimum absolute atomic E-state index is 0.0292. The molecule has 3 rings (SSSR count). The number of nitrogens with zero attached hydrogens (tertiary/aromatic N) is 1. The number of hydrogen-bond donors (Lipinski definition) is 2. The molecule has 2 aromatic rings. The highest BCUT2D eigenvalue weighted by atomic mass is 16.5. The van der Waals surface area contributed by atoms with E-state index in [1.807, 2.05) is 31.2 Å². The number of nitrogens with one attached hydrogen (secondary N) is 1. The van der Waals surface area contributed by atoms with Crippen LogP contribution in [0.4, 0.5) is 4.79 Å². The van der Waals surface area contributed by atoms with Crippen molar-refractivity contribution >= 4 is 18.0 Å². The van der Waals surface area contributed by atoms with Crippen LogP contribution in [0, 0.1) is 5.92 Å². The lowest BCUT2D eigenvalue weighted by Crippen LogP contribution is -2.41.